The minimum atomic E-state index is -0.800. The Balaban J connectivity index is 1.69. The van der Waals surface area contributed by atoms with Crippen molar-refractivity contribution in [3.05, 3.63) is 150 Å². The molecule has 3 heteroatoms. The third-order valence-electron chi connectivity index (χ3n) is 6.21. The number of hydrogen-bond acceptors (Lipinski definition) is 1. The lowest BCUT2D eigenvalue weighted by Gasteiger charge is -2.24. The normalized spacial score (nSPS) is 10.9. The molecule has 0 fully saturated rings. The Labute approximate surface area is 219 Å². The first-order valence-corrected chi connectivity index (χ1v) is 13.5. The monoisotopic (exact) mass is 504 g/mol. The number of hydrogen-bond donors (Lipinski definition) is 0. The molecule has 0 amide bonds. The van der Waals surface area contributed by atoms with Crippen molar-refractivity contribution in [3.8, 4) is 16.9 Å². The molecule has 176 valence electrons. The topological polar surface area (TPSA) is 9.23 Å². The Morgan fingerprint density at radius 2 is 1.25 bits per heavy atom. The second kappa shape index (κ2) is 11.0. The van der Waals surface area contributed by atoms with Gasteiger partial charge in [-0.15, -0.1) is 0 Å². The van der Waals surface area contributed by atoms with E-state index in [9.17, 15) is 0 Å². The molecule has 5 aromatic rings. The summed E-state index contributed by atoms with van der Waals surface area (Å²) in [6.45, 7) is 4.48. The van der Waals surface area contributed by atoms with E-state index in [1.807, 2.05) is 18.2 Å². The summed E-state index contributed by atoms with van der Waals surface area (Å²) >= 11 is 6.62. The quantitative estimate of drug-likeness (QED) is 0.205. The average Bonchev–Trinajstić information content (AvgIpc) is 2.95. The van der Waals surface area contributed by atoms with Crippen LogP contribution in [0.2, 0.25) is 5.02 Å². The van der Waals surface area contributed by atoms with Gasteiger partial charge < -0.3 is 4.74 Å². The van der Waals surface area contributed by atoms with Crippen molar-refractivity contribution in [3.63, 3.8) is 0 Å². The van der Waals surface area contributed by atoms with Crippen LogP contribution in [0.5, 0.6) is 5.75 Å². The number of ether oxygens (including phenoxy) is 1. The van der Waals surface area contributed by atoms with E-state index in [0.717, 1.165) is 38.6 Å². The van der Waals surface area contributed by atoms with E-state index in [2.05, 4.69) is 116 Å². The van der Waals surface area contributed by atoms with Crippen molar-refractivity contribution in [2.24, 2.45) is 0 Å². The molecule has 1 nitrogen and oxygen atoms in total. The van der Waals surface area contributed by atoms with Gasteiger partial charge in [-0.25, -0.2) is 0 Å². The highest BCUT2D eigenvalue weighted by atomic mass is 35.5. The first-order valence-electron chi connectivity index (χ1n) is 11.8. The molecule has 0 radical (unpaired) electrons. The molecule has 0 atom stereocenters. The molecular formula is C33H26ClOP. The summed E-state index contributed by atoms with van der Waals surface area (Å²) in [5.41, 5.74) is 5.35. The second-order valence-corrected chi connectivity index (χ2v) is 11.0. The van der Waals surface area contributed by atoms with Gasteiger partial charge >= 0.3 is 0 Å². The van der Waals surface area contributed by atoms with Gasteiger partial charge in [0.05, 0.1) is 7.11 Å². The highest BCUT2D eigenvalue weighted by molar-refractivity contribution is 7.80. The summed E-state index contributed by atoms with van der Waals surface area (Å²) in [7, 11) is 0.878. The standard InChI is InChI=1S/C33H26ClOP/c1-24(25-17-20-27(35-2)21-18-25)30-15-9-10-16-31(30)32-23-26(34)19-22-33(32)36(28-11-5-3-6-12-28)29-13-7-4-8-14-29/h3-23H,1H2,2H3. The van der Waals surface area contributed by atoms with Gasteiger partial charge in [0.2, 0.25) is 0 Å². The van der Waals surface area contributed by atoms with Gasteiger partial charge in [0.25, 0.3) is 0 Å². The number of methoxy groups -OCH3 is 1. The van der Waals surface area contributed by atoms with Gasteiger partial charge in [0.15, 0.2) is 0 Å². The fraction of sp³-hybridized carbons (Fsp3) is 0.0303. The molecule has 0 aliphatic carbocycles. The summed E-state index contributed by atoms with van der Waals surface area (Å²) in [5, 5.41) is 4.58. The van der Waals surface area contributed by atoms with E-state index in [4.69, 9.17) is 16.3 Å². The average molecular weight is 505 g/mol. The second-order valence-electron chi connectivity index (χ2n) is 8.42. The summed E-state index contributed by atoms with van der Waals surface area (Å²) < 4.78 is 5.34. The van der Waals surface area contributed by atoms with E-state index < -0.39 is 7.92 Å². The first kappa shape index (κ1) is 24.1. The van der Waals surface area contributed by atoms with Crippen LogP contribution < -0.4 is 20.7 Å². The zero-order valence-corrected chi connectivity index (χ0v) is 21.7. The molecule has 0 saturated heterocycles. The number of benzene rings is 5. The van der Waals surface area contributed by atoms with Crippen molar-refractivity contribution in [1.82, 2.24) is 0 Å². The Kier molecular flexibility index (Phi) is 7.33. The molecule has 0 unspecified atom stereocenters. The van der Waals surface area contributed by atoms with Crippen molar-refractivity contribution in [2.45, 2.75) is 0 Å². The first-order chi connectivity index (χ1) is 17.7. The summed E-state index contributed by atoms with van der Waals surface area (Å²) in [6.07, 6.45) is 0. The Morgan fingerprint density at radius 1 is 0.667 bits per heavy atom. The van der Waals surface area contributed by atoms with Crippen LogP contribution in [0, 0.1) is 0 Å². The molecule has 5 aromatic carbocycles. The predicted molar refractivity (Wildman–Crippen MR) is 157 cm³/mol. The summed E-state index contributed by atoms with van der Waals surface area (Å²) in [5.74, 6) is 0.827. The molecule has 0 aliphatic heterocycles. The molecule has 0 saturated carbocycles. The Hall–Kier alpha value is -3.64. The van der Waals surface area contributed by atoms with Crippen molar-refractivity contribution in [1.29, 1.82) is 0 Å². The molecule has 0 heterocycles. The fourth-order valence-electron chi connectivity index (χ4n) is 4.43. The lowest BCUT2D eigenvalue weighted by molar-refractivity contribution is 0.415. The van der Waals surface area contributed by atoms with Crippen molar-refractivity contribution in [2.75, 3.05) is 7.11 Å². The third-order valence-corrected chi connectivity index (χ3v) is 8.95. The van der Waals surface area contributed by atoms with Gasteiger partial charge in [-0.1, -0.05) is 121 Å². The maximum absolute atomic E-state index is 6.62. The molecule has 0 spiro atoms. The molecule has 0 aromatic heterocycles. The van der Waals surface area contributed by atoms with Crippen LogP contribution in [0.15, 0.2) is 134 Å². The Bertz CT molecular complexity index is 1440. The van der Waals surface area contributed by atoms with Crippen LogP contribution in [0.3, 0.4) is 0 Å². The lowest BCUT2D eigenvalue weighted by atomic mass is 9.91. The van der Waals surface area contributed by atoms with Crippen LogP contribution in [-0.2, 0) is 0 Å². The zero-order chi connectivity index (χ0) is 24.9. The lowest BCUT2D eigenvalue weighted by Crippen LogP contribution is -2.22. The number of halogens is 1. The molecular weight excluding hydrogens is 479 g/mol. The van der Waals surface area contributed by atoms with Gasteiger partial charge in [-0.05, 0) is 75.9 Å². The smallest absolute Gasteiger partial charge is 0.118 e. The van der Waals surface area contributed by atoms with E-state index in [-0.39, 0.29) is 0 Å². The summed E-state index contributed by atoms with van der Waals surface area (Å²) in [4.78, 5) is 0. The molecule has 0 N–H and O–H groups in total. The van der Waals surface area contributed by atoms with E-state index in [1.165, 1.54) is 15.9 Å². The fourth-order valence-corrected chi connectivity index (χ4v) is 7.05. The van der Waals surface area contributed by atoms with Crippen LogP contribution in [0.1, 0.15) is 11.1 Å². The molecule has 0 aliphatic rings. The molecule has 0 bridgehead atoms. The molecule has 5 rings (SSSR count). The van der Waals surface area contributed by atoms with E-state index in [1.54, 1.807) is 7.11 Å². The Morgan fingerprint density at radius 3 is 1.86 bits per heavy atom. The van der Waals surface area contributed by atoms with E-state index >= 15 is 0 Å². The van der Waals surface area contributed by atoms with E-state index in [0.29, 0.717) is 0 Å². The van der Waals surface area contributed by atoms with Crippen LogP contribution in [-0.4, -0.2) is 7.11 Å². The van der Waals surface area contributed by atoms with Crippen LogP contribution >= 0.6 is 19.5 Å². The van der Waals surface area contributed by atoms with Gasteiger partial charge in [0.1, 0.15) is 5.75 Å². The number of rotatable bonds is 7. The zero-order valence-electron chi connectivity index (χ0n) is 20.1. The maximum Gasteiger partial charge on any atom is 0.118 e. The summed E-state index contributed by atoms with van der Waals surface area (Å²) in [6, 6.07) is 44.3. The van der Waals surface area contributed by atoms with Crippen molar-refractivity contribution < 1.29 is 4.74 Å². The molecule has 36 heavy (non-hydrogen) atoms. The van der Waals surface area contributed by atoms with Crippen LogP contribution in [0.4, 0.5) is 0 Å². The minimum absolute atomic E-state index is 0.717. The predicted octanol–water partition coefficient (Wildman–Crippen LogP) is 7.84. The minimum Gasteiger partial charge on any atom is -0.497 e. The largest absolute Gasteiger partial charge is 0.497 e. The van der Waals surface area contributed by atoms with Gasteiger partial charge in [-0.3, -0.25) is 0 Å². The third kappa shape index (κ3) is 5.00. The van der Waals surface area contributed by atoms with Crippen molar-refractivity contribution >= 4 is 41.0 Å². The maximum atomic E-state index is 6.62. The highest BCUT2D eigenvalue weighted by Gasteiger charge is 2.22. The van der Waals surface area contributed by atoms with Gasteiger partial charge in [0, 0.05) is 5.02 Å². The van der Waals surface area contributed by atoms with Gasteiger partial charge in [-0.2, -0.15) is 0 Å². The SMILES string of the molecule is C=C(c1ccc(OC)cc1)c1ccccc1-c1cc(Cl)ccc1P(c1ccccc1)c1ccccc1. The highest BCUT2D eigenvalue weighted by Crippen LogP contribution is 2.40. The van der Waals surface area contributed by atoms with Crippen LogP contribution in [0.25, 0.3) is 16.7 Å².